The summed E-state index contributed by atoms with van der Waals surface area (Å²) in [5.74, 6) is -0.148. The second-order valence-corrected chi connectivity index (χ2v) is 6.79. The van der Waals surface area contributed by atoms with Crippen LogP contribution in [0.5, 0.6) is 11.5 Å². The normalized spacial score (nSPS) is 11.2. The van der Waals surface area contributed by atoms with Crippen LogP contribution in [0.2, 0.25) is 10.0 Å². The van der Waals surface area contributed by atoms with Gasteiger partial charge in [0, 0.05) is 29.5 Å². The lowest BCUT2D eigenvalue weighted by Crippen LogP contribution is -2.17. The Balaban J connectivity index is 2.22. The Kier molecular flexibility index (Phi) is 4.93. The van der Waals surface area contributed by atoms with Crippen LogP contribution in [0, 0.1) is 0 Å². The Morgan fingerprint density at radius 1 is 1.04 bits per heavy atom. The lowest BCUT2D eigenvalue weighted by atomic mass is 9.94. The predicted octanol–water partition coefficient (Wildman–Crippen LogP) is 4.79. The van der Waals surface area contributed by atoms with Crippen LogP contribution in [0.25, 0.3) is 10.9 Å². The van der Waals surface area contributed by atoms with Gasteiger partial charge >= 0.3 is 0 Å². The molecule has 6 heteroatoms. The highest BCUT2D eigenvalue weighted by Gasteiger charge is 2.16. The van der Waals surface area contributed by atoms with Gasteiger partial charge in [0.2, 0.25) is 0 Å². The smallest absolute Gasteiger partial charge is 0.252 e. The molecule has 2 aromatic carbocycles. The lowest BCUT2D eigenvalue weighted by Gasteiger charge is -2.14. The molecular weight excluding hydrogens is 361 g/mol. The number of nitrogens with one attached hydrogen (secondary N) is 1. The fourth-order valence-electron chi connectivity index (χ4n) is 3.08. The second-order valence-electron chi connectivity index (χ2n) is 5.97. The molecule has 0 spiro atoms. The SMILES string of the molecule is CCCc1c(Cc2ccc(Cl)c(Cl)c2)c(=O)[nH]c2cc(O)cc(O)c12. The van der Waals surface area contributed by atoms with Crippen LogP contribution >= 0.6 is 23.2 Å². The Morgan fingerprint density at radius 3 is 2.48 bits per heavy atom. The molecule has 25 heavy (non-hydrogen) atoms. The zero-order valence-electron chi connectivity index (χ0n) is 13.6. The Hall–Kier alpha value is -2.17. The van der Waals surface area contributed by atoms with E-state index in [4.69, 9.17) is 23.2 Å². The van der Waals surface area contributed by atoms with Crippen molar-refractivity contribution in [1.29, 1.82) is 0 Å². The molecule has 3 aromatic rings. The van der Waals surface area contributed by atoms with Gasteiger partial charge in [0.05, 0.1) is 15.6 Å². The summed E-state index contributed by atoms with van der Waals surface area (Å²) in [6.07, 6.45) is 1.82. The number of aryl methyl sites for hydroxylation is 1. The van der Waals surface area contributed by atoms with Gasteiger partial charge in [-0.05, 0) is 29.7 Å². The maximum absolute atomic E-state index is 12.6. The number of phenols is 2. The highest BCUT2D eigenvalue weighted by atomic mass is 35.5. The average molecular weight is 378 g/mol. The molecule has 0 unspecified atom stereocenters. The molecule has 0 aliphatic carbocycles. The number of hydrogen-bond acceptors (Lipinski definition) is 3. The van der Waals surface area contributed by atoms with E-state index in [-0.39, 0.29) is 17.1 Å². The average Bonchev–Trinajstić information content (AvgIpc) is 2.53. The summed E-state index contributed by atoms with van der Waals surface area (Å²) in [6, 6.07) is 7.98. The molecule has 0 fully saturated rings. The van der Waals surface area contributed by atoms with Gasteiger partial charge in [0.25, 0.3) is 5.56 Å². The minimum atomic E-state index is -0.243. The van der Waals surface area contributed by atoms with Crippen LogP contribution in [-0.4, -0.2) is 15.2 Å². The standard InChI is InChI=1S/C19H17Cl2NO3/c1-2-3-12-13(6-10-4-5-14(20)15(21)7-10)19(25)22-16-8-11(23)9-17(24)18(12)16/h4-5,7-9,23-24H,2-3,6H2,1H3,(H,22,25). The number of fused-ring (bicyclic) bond motifs is 1. The van der Waals surface area contributed by atoms with Crippen molar-refractivity contribution in [2.75, 3.05) is 0 Å². The van der Waals surface area contributed by atoms with E-state index in [0.717, 1.165) is 17.5 Å². The molecule has 0 saturated heterocycles. The van der Waals surface area contributed by atoms with Gasteiger partial charge in [-0.1, -0.05) is 42.6 Å². The molecule has 1 heterocycles. The van der Waals surface area contributed by atoms with Crippen molar-refractivity contribution in [3.63, 3.8) is 0 Å². The van der Waals surface area contributed by atoms with Crippen molar-refractivity contribution in [2.24, 2.45) is 0 Å². The monoisotopic (exact) mass is 377 g/mol. The van der Waals surface area contributed by atoms with Crippen molar-refractivity contribution < 1.29 is 10.2 Å². The number of halogens is 2. The molecular formula is C19H17Cl2NO3. The van der Waals surface area contributed by atoms with E-state index in [0.29, 0.717) is 39.4 Å². The number of phenolic OH excluding ortho intramolecular Hbond substituents is 2. The molecule has 130 valence electrons. The molecule has 0 aliphatic heterocycles. The van der Waals surface area contributed by atoms with Gasteiger partial charge < -0.3 is 15.2 Å². The van der Waals surface area contributed by atoms with E-state index in [9.17, 15) is 15.0 Å². The predicted molar refractivity (Wildman–Crippen MR) is 101 cm³/mol. The summed E-state index contributed by atoms with van der Waals surface area (Å²) >= 11 is 12.0. The highest BCUT2D eigenvalue weighted by molar-refractivity contribution is 6.42. The van der Waals surface area contributed by atoms with Gasteiger partial charge in [0.15, 0.2) is 0 Å². The number of aromatic amines is 1. The molecule has 0 saturated carbocycles. The second kappa shape index (κ2) is 6.98. The van der Waals surface area contributed by atoms with Crippen molar-refractivity contribution >= 4 is 34.1 Å². The van der Waals surface area contributed by atoms with Gasteiger partial charge in [-0.2, -0.15) is 0 Å². The molecule has 0 radical (unpaired) electrons. The maximum Gasteiger partial charge on any atom is 0.252 e. The van der Waals surface area contributed by atoms with Crippen LogP contribution in [0.1, 0.15) is 30.0 Å². The molecule has 4 nitrogen and oxygen atoms in total. The zero-order valence-corrected chi connectivity index (χ0v) is 15.1. The number of aromatic nitrogens is 1. The van der Waals surface area contributed by atoms with Crippen LogP contribution in [0.15, 0.2) is 35.1 Å². The largest absolute Gasteiger partial charge is 0.508 e. The van der Waals surface area contributed by atoms with E-state index in [1.165, 1.54) is 12.1 Å². The lowest BCUT2D eigenvalue weighted by molar-refractivity contribution is 0.454. The first-order valence-corrected chi connectivity index (χ1v) is 8.70. The first kappa shape index (κ1) is 17.6. The van der Waals surface area contributed by atoms with Crippen LogP contribution < -0.4 is 5.56 Å². The fraction of sp³-hybridized carbons (Fsp3) is 0.211. The molecule has 3 N–H and O–H groups in total. The molecule has 1 aromatic heterocycles. The third-order valence-electron chi connectivity index (χ3n) is 4.16. The summed E-state index contributed by atoms with van der Waals surface area (Å²) in [4.78, 5) is 15.4. The fourth-order valence-corrected chi connectivity index (χ4v) is 3.40. The number of H-pyrrole nitrogens is 1. The number of aromatic hydroxyl groups is 2. The van der Waals surface area contributed by atoms with Crippen LogP contribution in [0.4, 0.5) is 0 Å². The van der Waals surface area contributed by atoms with Gasteiger partial charge in [-0.3, -0.25) is 4.79 Å². The van der Waals surface area contributed by atoms with Crippen molar-refractivity contribution in [2.45, 2.75) is 26.2 Å². The third kappa shape index (κ3) is 3.46. The van der Waals surface area contributed by atoms with Crippen LogP contribution in [0.3, 0.4) is 0 Å². The molecule has 0 aliphatic rings. The molecule has 3 rings (SSSR count). The number of pyridine rings is 1. The summed E-state index contributed by atoms with van der Waals surface area (Å²) in [7, 11) is 0. The van der Waals surface area contributed by atoms with E-state index in [1.54, 1.807) is 12.1 Å². The van der Waals surface area contributed by atoms with Crippen molar-refractivity contribution in [3.8, 4) is 11.5 Å². The molecule has 0 amide bonds. The van der Waals surface area contributed by atoms with Gasteiger partial charge in [-0.15, -0.1) is 0 Å². The minimum absolute atomic E-state index is 0.0508. The minimum Gasteiger partial charge on any atom is -0.508 e. The van der Waals surface area contributed by atoms with E-state index >= 15 is 0 Å². The number of hydrogen-bond donors (Lipinski definition) is 3. The first-order valence-electron chi connectivity index (χ1n) is 7.94. The van der Waals surface area contributed by atoms with Gasteiger partial charge in [0.1, 0.15) is 11.5 Å². The van der Waals surface area contributed by atoms with Crippen LogP contribution in [-0.2, 0) is 12.8 Å². The van der Waals surface area contributed by atoms with Crippen molar-refractivity contribution in [1.82, 2.24) is 4.98 Å². The summed E-state index contributed by atoms with van der Waals surface area (Å²) < 4.78 is 0. The van der Waals surface area contributed by atoms with E-state index in [2.05, 4.69) is 4.98 Å². The third-order valence-corrected chi connectivity index (χ3v) is 4.89. The quantitative estimate of drug-likeness (QED) is 0.611. The topological polar surface area (TPSA) is 73.3 Å². The number of rotatable bonds is 4. The Labute approximate surface area is 154 Å². The van der Waals surface area contributed by atoms with Gasteiger partial charge in [-0.25, -0.2) is 0 Å². The Morgan fingerprint density at radius 2 is 1.80 bits per heavy atom. The van der Waals surface area contributed by atoms with E-state index < -0.39 is 0 Å². The summed E-state index contributed by atoms with van der Waals surface area (Å²) in [6.45, 7) is 2.01. The molecule has 0 bridgehead atoms. The maximum atomic E-state index is 12.6. The Bertz CT molecular complexity index is 1010. The van der Waals surface area contributed by atoms with Crippen molar-refractivity contribution in [3.05, 3.63) is 67.4 Å². The number of benzene rings is 2. The first-order chi connectivity index (χ1) is 11.9. The highest BCUT2D eigenvalue weighted by Crippen LogP contribution is 2.33. The zero-order chi connectivity index (χ0) is 18.1. The van der Waals surface area contributed by atoms with E-state index in [1.807, 2.05) is 13.0 Å². The summed E-state index contributed by atoms with van der Waals surface area (Å²) in [5, 5.41) is 21.4. The molecule has 0 atom stereocenters. The summed E-state index contributed by atoms with van der Waals surface area (Å²) in [5.41, 5.74) is 2.39.